The molecule has 0 aliphatic carbocycles. The van der Waals surface area contributed by atoms with Crippen LogP contribution in [-0.4, -0.2) is 30.1 Å². The van der Waals surface area contributed by atoms with Crippen molar-refractivity contribution in [3.05, 3.63) is 22.7 Å². The van der Waals surface area contributed by atoms with Gasteiger partial charge in [0.2, 0.25) is 0 Å². The first-order valence-corrected chi connectivity index (χ1v) is 7.96. The molecule has 2 unspecified atom stereocenters. The first-order valence-electron chi connectivity index (χ1n) is 7.17. The number of nitrogen functional groups attached to an aromatic ring is 1. The average Bonchev–Trinajstić information content (AvgIpc) is 2.34. The standard InChI is InChI=1S/C15H22BrN3/c1-19-12-3-2-4-13(19)9-11(8-12)18-15-6-5-10(16)7-14(15)17/h5-7,11-13,18H,2-4,8-9,17H2,1H3. The van der Waals surface area contributed by atoms with Crippen molar-refractivity contribution in [2.24, 2.45) is 0 Å². The van der Waals surface area contributed by atoms with Crippen LogP contribution in [0.5, 0.6) is 0 Å². The molecule has 0 radical (unpaired) electrons. The maximum Gasteiger partial charge on any atom is 0.0576 e. The summed E-state index contributed by atoms with van der Waals surface area (Å²) >= 11 is 3.45. The zero-order valence-corrected chi connectivity index (χ0v) is 13.0. The Bertz CT molecular complexity index is 449. The van der Waals surface area contributed by atoms with Crippen LogP contribution >= 0.6 is 15.9 Å². The summed E-state index contributed by atoms with van der Waals surface area (Å²) < 4.78 is 1.04. The lowest BCUT2D eigenvalue weighted by atomic mass is 9.82. The van der Waals surface area contributed by atoms with Gasteiger partial charge in [0.25, 0.3) is 0 Å². The molecule has 104 valence electrons. The van der Waals surface area contributed by atoms with Gasteiger partial charge in [-0.05, 0) is 50.9 Å². The van der Waals surface area contributed by atoms with Gasteiger partial charge >= 0.3 is 0 Å². The van der Waals surface area contributed by atoms with Crippen molar-refractivity contribution in [2.75, 3.05) is 18.1 Å². The lowest BCUT2D eigenvalue weighted by Crippen LogP contribution is -2.52. The van der Waals surface area contributed by atoms with Crippen molar-refractivity contribution < 1.29 is 0 Å². The van der Waals surface area contributed by atoms with Crippen LogP contribution in [-0.2, 0) is 0 Å². The molecule has 0 spiro atoms. The van der Waals surface area contributed by atoms with E-state index in [4.69, 9.17) is 5.73 Å². The molecule has 3 rings (SSSR count). The van der Waals surface area contributed by atoms with Gasteiger partial charge in [-0.2, -0.15) is 0 Å². The number of nitrogens with zero attached hydrogens (tertiary/aromatic N) is 1. The Balaban J connectivity index is 1.70. The summed E-state index contributed by atoms with van der Waals surface area (Å²) in [5.74, 6) is 0. The van der Waals surface area contributed by atoms with E-state index in [2.05, 4.69) is 45.3 Å². The Morgan fingerprint density at radius 1 is 1.26 bits per heavy atom. The number of rotatable bonds is 2. The van der Waals surface area contributed by atoms with Crippen LogP contribution < -0.4 is 11.1 Å². The second kappa shape index (κ2) is 5.33. The van der Waals surface area contributed by atoms with E-state index in [1.165, 1.54) is 32.1 Å². The normalized spacial score (nSPS) is 31.2. The summed E-state index contributed by atoms with van der Waals surface area (Å²) in [4.78, 5) is 2.59. The third kappa shape index (κ3) is 2.75. The molecular formula is C15H22BrN3. The van der Waals surface area contributed by atoms with Crippen molar-refractivity contribution in [3.8, 4) is 0 Å². The first-order chi connectivity index (χ1) is 9.13. The second-order valence-corrected chi connectivity index (χ2v) is 6.86. The van der Waals surface area contributed by atoms with Crippen LogP contribution in [0.3, 0.4) is 0 Å². The molecule has 2 bridgehead atoms. The highest BCUT2D eigenvalue weighted by molar-refractivity contribution is 9.10. The van der Waals surface area contributed by atoms with Crippen LogP contribution in [0.1, 0.15) is 32.1 Å². The largest absolute Gasteiger partial charge is 0.397 e. The third-order valence-corrected chi connectivity index (χ3v) is 5.21. The van der Waals surface area contributed by atoms with E-state index < -0.39 is 0 Å². The predicted octanol–water partition coefficient (Wildman–Crippen LogP) is 3.46. The highest BCUT2D eigenvalue weighted by Gasteiger charge is 2.35. The molecular weight excluding hydrogens is 302 g/mol. The maximum absolute atomic E-state index is 6.08. The van der Waals surface area contributed by atoms with Crippen LogP contribution in [0.4, 0.5) is 11.4 Å². The maximum atomic E-state index is 6.08. The van der Waals surface area contributed by atoms with Crippen LogP contribution in [0.15, 0.2) is 22.7 Å². The minimum absolute atomic E-state index is 0.565. The summed E-state index contributed by atoms with van der Waals surface area (Å²) in [6.07, 6.45) is 6.57. The number of halogens is 1. The molecule has 2 aliphatic heterocycles. The fourth-order valence-corrected chi connectivity index (χ4v) is 4.00. The van der Waals surface area contributed by atoms with Gasteiger partial charge in [-0.1, -0.05) is 22.4 Å². The lowest BCUT2D eigenvalue weighted by Gasteiger charge is -2.47. The van der Waals surface area contributed by atoms with Gasteiger partial charge < -0.3 is 16.0 Å². The molecule has 2 heterocycles. The third-order valence-electron chi connectivity index (χ3n) is 4.71. The number of piperidine rings is 2. The zero-order valence-electron chi connectivity index (χ0n) is 11.4. The Morgan fingerprint density at radius 2 is 1.95 bits per heavy atom. The summed E-state index contributed by atoms with van der Waals surface area (Å²) in [6.45, 7) is 0. The summed E-state index contributed by atoms with van der Waals surface area (Å²) in [5.41, 5.74) is 7.99. The van der Waals surface area contributed by atoms with Crippen molar-refractivity contribution in [1.29, 1.82) is 0 Å². The number of nitrogens with one attached hydrogen (secondary N) is 1. The SMILES string of the molecule is CN1C2CCCC1CC(Nc1ccc(Br)cc1N)C2. The van der Waals surface area contributed by atoms with E-state index in [9.17, 15) is 0 Å². The molecule has 1 aromatic carbocycles. The fourth-order valence-electron chi connectivity index (χ4n) is 3.62. The summed E-state index contributed by atoms with van der Waals surface area (Å²) in [6, 6.07) is 8.17. The van der Waals surface area contributed by atoms with Gasteiger partial charge in [0, 0.05) is 22.6 Å². The van der Waals surface area contributed by atoms with E-state index in [-0.39, 0.29) is 0 Å². The van der Waals surface area contributed by atoms with Crippen LogP contribution in [0, 0.1) is 0 Å². The van der Waals surface area contributed by atoms with E-state index >= 15 is 0 Å². The van der Waals surface area contributed by atoms with Gasteiger partial charge in [0.1, 0.15) is 0 Å². The lowest BCUT2D eigenvalue weighted by molar-refractivity contribution is 0.0608. The van der Waals surface area contributed by atoms with Gasteiger partial charge in [-0.3, -0.25) is 0 Å². The van der Waals surface area contributed by atoms with Crippen molar-refractivity contribution in [1.82, 2.24) is 4.90 Å². The molecule has 19 heavy (non-hydrogen) atoms. The Labute approximate surface area is 123 Å². The highest BCUT2D eigenvalue weighted by atomic mass is 79.9. The molecule has 1 aromatic rings. The predicted molar refractivity (Wildman–Crippen MR) is 84.4 cm³/mol. The molecule has 3 nitrogen and oxygen atoms in total. The van der Waals surface area contributed by atoms with Crippen LogP contribution in [0.25, 0.3) is 0 Å². The fraction of sp³-hybridized carbons (Fsp3) is 0.600. The molecule has 2 aliphatic rings. The van der Waals surface area contributed by atoms with Crippen molar-refractivity contribution in [3.63, 3.8) is 0 Å². The minimum atomic E-state index is 0.565. The highest BCUT2D eigenvalue weighted by Crippen LogP contribution is 2.34. The van der Waals surface area contributed by atoms with E-state index in [0.717, 1.165) is 27.9 Å². The summed E-state index contributed by atoms with van der Waals surface area (Å²) in [5, 5.41) is 3.65. The summed E-state index contributed by atoms with van der Waals surface area (Å²) in [7, 11) is 2.29. The van der Waals surface area contributed by atoms with E-state index in [0.29, 0.717) is 6.04 Å². The molecule has 0 saturated carbocycles. The minimum Gasteiger partial charge on any atom is -0.397 e. The number of fused-ring (bicyclic) bond motifs is 2. The first kappa shape index (κ1) is 13.3. The molecule has 4 heteroatoms. The van der Waals surface area contributed by atoms with Gasteiger partial charge in [0.15, 0.2) is 0 Å². The quantitative estimate of drug-likeness (QED) is 0.819. The van der Waals surface area contributed by atoms with Gasteiger partial charge in [-0.15, -0.1) is 0 Å². The van der Waals surface area contributed by atoms with E-state index in [1.807, 2.05) is 6.07 Å². The molecule has 2 atom stereocenters. The molecule has 0 amide bonds. The van der Waals surface area contributed by atoms with Crippen LogP contribution in [0.2, 0.25) is 0 Å². The molecule has 3 N–H and O–H groups in total. The number of nitrogens with two attached hydrogens (primary N) is 1. The topological polar surface area (TPSA) is 41.3 Å². The Hall–Kier alpha value is -0.740. The smallest absolute Gasteiger partial charge is 0.0576 e. The van der Waals surface area contributed by atoms with E-state index in [1.54, 1.807) is 0 Å². The zero-order chi connectivity index (χ0) is 13.4. The second-order valence-electron chi connectivity index (χ2n) is 5.95. The van der Waals surface area contributed by atoms with Crippen molar-refractivity contribution in [2.45, 2.75) is 50.2 Å². The van der Waals surface area contributed by atoms with Gasteiger partial charge in [0.05, 0.1) is 11.4 Å². The number of hydrogen-bond donors (Lipinski definition) is 2. The number of benzene rings is 1. The number of anilines is 2. The Morgan fingerprint density at radius 3 is 2.58 bits per heavy atom. The Kier molecular flexibility index (Phi) is 3.72. The molecule has 2 saturated heterocycles. The number of hydrogen-bond acceptors (Lipinski definition) is 3. The van der Waals surface area contributed by atoms with Crippen molar-refractivity contribution >= 4 is 27.3 Å². The average molecular weight is 324 g/mol. The molecule has 0 aromatic heterocycles. The van der Waals surface area contributed by atoms with Gasteiger partial charge in [-0.25, -0.2) is 0 Å². The molecule has 2 fully saturated rings. The monoisotopic (exact) mass is 323 g/mol.